The zero-order chi connectivity index (χ0) is 23.8. The maximum atomic E-state index is 11.6. The highest BCUT2D eigenvalue weighted by Crippen LogP contribution is 2.39. The van der Waals surface area contributed by atoms with Crippen molar-refractivity contribution >= 4 is 45.9 Å². The van der Waals surface area contributed by atoms with Crippen molar-refractivity contribution in [1.82, 2.24) is 15.0 Å². The number of carboxylic acid groups (broad SMARTS) is 1. The number of carboxylic acids is 1. The molecule has 3 aromatic heterocycles. The number of aromatic carboxylic acids is 1. The molecule has 5 heterocycles. The summed E-state index contributed by atoms with van der Waals surface area (Å²) in [7, 11) is 1.81. The van der Waals surface area contributed by atoms with E-state index in [1.165, 1.54) is 0 Å². The molecule has 5 rings (SSSR count). The van der Waals surface area contributed by atoms with E-state index in [2.05, 4.69) is 14.8 Å². The third-order valence-electron chi connectivity index (χ3n) is 6.37. The van der Waals surface area contributed by atoms with Crippen LogP contribution >= 0.6 is 11.3 Å². The van der Waals surface area contributed by atoms with Crippen LogP contribution in [0.2, 0.25) is 0 Å². The Balaban J connectivity index is 1.63. The van der Waals surface area contributed by atoms with Crippen molar-refractivity contribution in [3.63, 3.8) is 0 Å². The van der Waals surface area contributed by atoms with Crippen LogP contribution in [0.5, 0.6) is 0 Å². The topological polar surface area (TPSA) is 119 Å². The smallest absolute Gasteiger partial charge is 0.347 e. The first kappa shape index (κ1) is 22.6. The highest BCUT2D eigenvalue weighted by molar-refractivity contribution is 7.17. The minimum absolute atomic E-state index is 0.207. The standard InChI is InChI=1S/C23H28N6O4S/c1-14-18(21(31)32)34-23(24-14)27(2)22-25-19(28-11-8-15(30)9-12-28)16-6-3-4-10-29(20(16)26-22)17-7-5-13-33-17/h5,7,13,15,30H,3-4,6,8-12H2,1-2H3,(H,31,32). The second kappa shape index (κ2) is 9.22. The Hall–Kier alpha value is -3.18. The van der Waals surface area contributed by atoms with Gasteiger partial charge in [-0.3, -0.25) is 9.80 Å². The summed E-state index contributed by atoms with van der Waals surface area (Å²) < 4.78 is 5.74. The van der Waals surface area contributed by atoms with Crippen molar-refractivity contribution in [2.45, 2.75) is 45.1 Å². The molecule has 0 spiro atoms. The first-order valence-corrected chi connectivity index (χ1v) is 12.3. The fourth-order valence-corrected chi connectivity index (χ4v) is 5.38. The summed E-state index contributed by atoms with van der Waals surface area (Å²) in [6.45, 7) is 3.90. The Kier molecular flexibility index (Phi) is 6.13. The monoisotopic (exact) mass is 484 g/mol. The lowest BCUT2D eigenvalue weighted by atomic mass is 10.1. The van der Waals surface area contributed by atoms with Gasteiger partial charge in [-0.25, -0.2) is 9.78 Å². The molecule has 10 nitrogen and oxygen atoms in total. The molecule has 2 aliphatic heterocycles. The lowest BCUT2D eigenvalue weighted by molar-refractivity contribution is 0.0701. The third-order valence-corrected chi connectivity index (χ3v) is 7.59. The number of aromatic nitrogens is 3. The maximum Gasteiger partial charge on any atom is 0.347 e. The van der Waals surface area contributed by atoms with Crippen molar-refractivity contribution in [2.75, 3.05) is 41.4 Å². The number of hydrogen-bond donors (Lipinski definition) is 2. The van der Waals surface area contributed by atoms with Gasteiger partial charge in [0.2, 0.25) is 11.8 Å². The van der Waals surface area contributed by atoms with Crippen LogP contribution in [0.15, 0.2) is 22.8 Å². The minimum Gasteiger partial charge on any atom is -0.477 e. The quantitative estimate of drug-likeness (QED) is 0.554. The Morgan fingerprint density at radius 2 is 1.94 bits per heavy atom. The SMILES string of the molecule is Cc1nc(N(C)c2nc(N3CCC(O)CC3)c3c(n2)N(c2ccco2)CCCC3)sc1C(=O)O. The number of nitrogens with zero attached hydrogens (tertiary/aromatic N) is 6. The van der Waals surface area contributed by atoms with Gasteiger partial charge in [0.05, 0.1) is 18.1 Å². The molecule has 1 fully saturated rings. The molecule has 2 N–H and O–H groups in total. The van der Waals surface area contributed by atoms with Gasteiger partial charge in [0, 0.05) is 38.3 Å². The number of furan rings is 1. The summed E-state index contributed by atoms with van der Waals surface area (Å²) in [5.41, 5.74) is 1.54. The van der Waals surface area contributed by atoms with Crippen LogP contribution in [0.4, 0.5) is 28.6 Å². The summed E-state index contributed by atoms with van der Waals surface area (Å²) >= 11 is 1.11. The average molecular weight is 485 g/mol. The van der Waals surface area contributed by atoms with E-state index >= 15 is 0 Å². The molecule has 2 aliphatic rings. The Morgan fingerprint density at radius 3 is 2.62 bits per heavy atom. The molecule has 0 aliphatic carbocycles. The van der Waals surface area contributed by atoms with Gasteiger partial charge in [0.1, 0.15) is 16.5 Å². The number of carbonyl (C=O) groups is 1. The summed E-state index contributed by atoms with van der Waals surface area (Å²) in [5, 5.41) is 20.0. The van der Waals surface area contributed by atoms with E-state index in [0.29, 0.717) is 42.7 Å². The molecule has 0 amide bonds. The number of aliphatic hydroxyl groups excluding tert-OH is 1. The summed E-state index contributed by atoms with van der Waals surface area (Å²) in [4.78, 5) is 32.2. The summed E-state index contributed by atoms with van der Waals surface area (Å²) in [6, 6.07) is 3.80. The largest absolute Gasteiger partial charge is 0.477 e. The lowest BCUT2D eigenvalue weighted by Crippen LogP contribution is -2.37. The number of fused-ring (bicyclic) bond motifs is 1. The molecule has 0 radical (unpaired) electrons. The van der Waals surface area contributed by atoms with Gasteiger partial charge in [0.25, 0.3) is 0 Å². The van der Waals surface area contributed by atoms with Gasteiger partial charge in [-0.15, -0.1) is 0 Å². The first-order valence-electron chi connectivity index (χ1n) is 11.5. The molecule has 11 heteroatoms. The number of hydrogen-bond acceptors (Lipinski definition) is 10. The van der Waals surface area contributed by atoms with Crippen LogP contribution in [0.3, 0.4) is 0 Å². The highest BCUT2D eigenvalue weighted by atomic mass is 32.1. The van der Waals surface area contributed by atoms with Crippen LogP contribution in [0, 0.1) is 6.92 Å². The van der Waals surface area contributed by atoms with Crippen LogP contribution in [-0.2, 0) is 6.42 Å². The Labute approximate surface area is 201 Å². The van der Waals surface area contributed by atoms with Crippen LogP contribution in [0.1, 0.15) is 46.6 Å². The predicted octanol–water partition coefficient (Wildman–Crippen LogP) is 3.74. The predicted molar refractivity (Wildman–Crippen MR) is 130 cm³/mol. The van der Waals surface area contributed by atoms with E-state index in [1.807, 2.05) is 19.2 Å². The zero-order valence-electron chi connectivity index (χ0n) is 19.3. The number of piperidine rings is 1. The lowest BCUT2D eigenvalue weighted by Gasteiger charge is -2.33. The molecule has 180 valence electrons. The summed E-state index contributed by atoms with van der Waals surface area (Å²) in [6.07, 6.45) is 5.62. The van der Waals surface area contributed by atoms with Crippen LogP contribution in [0.25, 0.3) is 0 Å². The highest BCUT2D eigenvalue weighted by Gasteiger charge is 2.30. The van der Waals surface area contributed by atoms with Gasteiger partial charge < -0.3 is 19.5 Å². The number of rotatable bonds is 5. The molecule has 0 saturated carbocycles. The minimum atomic E-state index is -0.992. The Morgan fingerprint density at radius 1 is 1.18 bits per heavy atom. The van der Waals surface area contributed by atoms with Gasteiger partial charge >= 0.3 is 5.97 Å². The van der Waals surface area contributed by atoms with E-state index < -0.39 is 5.97 Å². The maximum absolute atomic E-state index is 11.6. The van der Waals surface area contributed by atoms with Crippen molar-refractivity contribution in [3.05, 3.63) is 34.5 Å². The van der Waals surface area contributed by atoms with E-state index in [1.54, 1.807) is 18.1 Å². The molecule has 0 unspecified atom stereocenters. The third kappa shape index (κ3) is 4.21. The molecule has 0 atom stereocenters. The van der Waals surface area contributed by atoms with E-state index in [4.69, 9.17) is 14.4 Å². The molecule has 34 heavy (non-hydrogen) atoms. The van der Waals surface area contributed by atoms with Gasteiger partial charge in [-0.2, -0.15) is 9.97 Å². The van der Waals surface area contributed by atoms with E-state index in [9.17, 15) is 15.0 Å². The normalized spacial score (nSPS) is 16.9. The fraction of sp³-hybridized carbons (Fsp3) is 0.478. The second-order valence-electron chi connectivity index (χ2n) is 8.70. The average Bonchev–Trinajstić information content (AvgIpc) is 3.44. The Bertz CT molecular complexity index is 1170. The van der Waals surface area contributed by atoms with Crippen LogP contribution in [-0.4, -0.2) is 63.9 Å². The van der Waals surface area contributed by atoms with E-state index in [-0.39, 0.29) is 11.0 Å². The van der Waals surface area contributed by atoms with Crippen molar-refractivity contribution in [2.24, 2.45) is 0 Å². The molecular formula is C23H28N6O4S. The molecule has 0 bridgehead atoms. The van der Waals surface area contributed by atoms with Crippen molar-refractivity contribution in [3.8, 4) is 0 Å². The second-order valence-corrected chi connectivity index (χ2v) is 9.68. The van der Waals surface area contributed by atoms with Crippen molar-refractivity contribution < 1.29 is 19.4 Å². The number of aryl methyl sites for hydroxylation is 1. The van der Waals surface area contributed by atoms with Gasteiger partial charge in [0.15, 0.2) is 5.13 Å². The zero-order valence-corrected chi connectivity index (χ0v) is 20.1. The van der Waals surface area contributed by atoms with E-state index in [0.717, 1.165) is 60.2 Å². The van der Waals surface area contributed by atoms with Crippen LogP contribution < -0.4 is 14.7 Å². The number of anilines is 5. The first-order chi connectivity index (χ1) is 16.4. The number of aliphatic hydroxyl groups is 1. The number of thiazole rings is 1. The summed E-state index contributed by atoms with van der Waals surface area (Å²) in [5.74, 6) is 1.85. The molecule has 0 aromatic carbocycles. The fourth-order valence-electron chi connectivity index (χ4n) is 4.51. The molecule has 1 saturated heterocycles. The van der Waals surface area contributed by atoms with Crippen molar-refractivity contribution in [1.29, 1.82) is 0 Å². The van der Waals surface area contributed by atoms with Gasteiger partial charge in [-0.1, -0.05) is 11.3 Å². The molecular weight excluding hydrogens is 456 g/mol. The molecule has 3 aromatic rings. The van der Waals surface area contributed by atoms with Gasteiger partial charge in [-0.05, 0) is 45.1 Å².